The zero-order valence-corrected chi connectivity index (χ0v) is 13.5. The fourth-order valence-electron chi connectivity index (χ4n) is 1.65. The number of thiocarbonyl (C=S) groups is 1. The van der Waals surface area contributed by atoms with Crippen molar-refractivity contribution in [2.24, 2.45) is 5.73 Å². The highest BCUT2D eigenvalue weighted by Gasteiger charge is 2.18. The molecule has 2 rings (SSSR count). The van der Waals surface area contributed by atoms with Crippen molar-refractivity contribution >= 4 is 44.3 Å². The third-order valence-corrected chi connectivity index (χ3v) is 6.26. The van der Waals surface area contributed by atoms with Gasteiger partial charge in [-0.3, -0.25) is 4.72 Å². The van der Waals surface area contributed by atoms with Crippen LogP contribution in [-0.2, 0) is 10.0 Å². The van der Waals surface area contributed by atoms with Crippen molar-refractivity contribution in [2.45, 2.75) is 18.1 Å². The number of aryl methyl sites for hydroxylation is 1. The lowest BCUT2D eigenvalue weighted by Gasteiger charge is -2.10. The van der Waals surface area contributed by atoms with Gasteiger partial charge in [-0.2, -0.15) is 0 Å². The van der Waals surface area contributed by atoms with Gasteiger partial charge in [0.15, 0.2) is 0 Å². The molecule has 20 heavy (non-hydrogen) atoms. The van der Waals surface area contributed by atoms with Crippen LogP contribution in [0.5, 0.6) is 0 Å². The number of nitrogens with one attached hydrogen (secondary N) is 1. The summed E-state index contributed by atoms with van der Waals surface area (Å²) < 4.78 is 27.4. The minimum Gasteiger partial charge on any atom is -0.389 e. The van der Waals surface area contributed by atoms with E-state index in [1.54, 1.807) is 12.1 Å². The molecule has 1 aromatic carbocycles. The molecule has 0 aliphatic rings. The topological polar surface area (TPSA) is 72.2 Å². The van der Waals surface area contributed by atoms with E-state index in [-0.39, 0.29) is 9.20 Å². The molecule has 1 aromatic heterocycles. The summed E-state index contributed by atoms with van der Waals surface area (Å²) in [6, 6.07) is 8.61. The van der Waals surface area contributed by atoms with Crippen LogP contribution in [0.2, 0.25) is 0 Å². The normalized spacial score (nSPS) is 11.3. The minimum absolute atomic E-state index is 0.196. The first-order valence-electron chi connectivity index (χ1n) is 5.80. The van der Waals surface area contributed by atoms with Gasteiger partial charge in [0.2, 0.25) is 0 Å². The first kappa shape index (κ1) is 15.0. The van der Waals surface area contributed by atoms with Gasteiger partial charge in [0.05, 0.1) is 10.6 Å². The van der Waals surface area contributed by atoms with Crippen molar-refractivity contribution in [3.8, 4) is 0 Å². The molecule has 0 unspecified atom stereocenters. The second-order valence-electron chi connectivity index (χ2n) is 4.34. The summed E-state index contributed by atoms with van der Waals surface area (Å²) in [5.41, 5.74) is 8.01. The zero-order valence-electron chi connectivity index (χ0n) is 11.0. The van der Waals surface area contributed by atoms with E-state index in [0.717, 1.165) is 22.5 Å². The molecule has 7 heteroatoms. The summed E-state index contributed by atoms with van der Waals surface area (Å²) in [5, 5.41) is 0. The molecule has 0 radical (unpaired) electrons. The lowest BCUT2D eigenvalue weighted by Crippen LogP contribution is -2.12. The number of hydrogen-bond acceptors (Lipinski definition) is 4. The van der Waals surface area contributed by atoms with Crippen LogP contribution in [0, 0.1) is 13.8 Å². The molecule has 0 amide bonds. The Bertz CT molecular complexity index is 764. The van der Waals surface area contributed by atoms with Gasteiger partial charge in [-0.05, 0) is 43.2 Å². The maximum absolute atomic E-state index is 12.3. The van der Waals surface area contributed by atoms with Crippen LogP contribution in [0.3, 0.4) is 0 Å². The number of rotatable bonds is 4. The molecule has 0 fully saturated rings. The molecule has 0 spiro atoms. The van der Waals surface area contributed by atoms with Crippen LogP contribution in [0.15, 0.2) is 34.5 Å². The van der Waals surface area contributed by atoms with E-state index in [1.165, 1.54) is 6.07 Å². The molecule has 0 aliphatic heterocycles. The predicted octanol–water partition coefficient (Wildman–Crippen LogP) is 2.80. The van der Waals surface area contributed by atoms with Crippen molar-refractivity contribution < 1.29 is 8.42 Å². The van der Waals surface area contributed by atoms with Gasteiger partial charge >= 0.3 is 0 Å². The van der Waals surface area contributed by atoms with Crippen LogP contribution < -0.4 is 10.5 Å². The second kappa shape index (κ2) is 5.51. The number of thiophene rings is 1. The second-order valence-corrected chi connectivity index (χ2v) is 7.77. The standard InChI is InChI=1S/C13H14N2O2S3/c1-8-4-3-5-10(9(8)2)15-20(16,17)12-7-6-11(19-12)13(14)18/h3-7,15H,1-2H3,(H2,14,18). The average Bonchev–Trinajstić information content (AvgIpc) is 2.85. The molecular weight excluding hydrogens is 312 g/mol. The minimum atomic E-state index is -3.61. The number of benzene rings is 1. The largest absolute Gasteiger partial charge is 0.389 e. The van der Waals surface area contributed by atoms with Crippen LogP contribution in [0.25, 0.3) is 0 Å². The van der Waals surface area contributed by atoms with Gasteiger partial charge in [0, 0.05) is 0 Å². The smallest absolute Gasteiger partial charge is 0.271 e. The zero-order chi connectivity index (χ0) is 14.9. The number of hydrogen-bond donors (Lipinski definition) is 2. The Morgan fingerprint density at radius 1 is 1.25 bits per heavy atom. The van der Waals surface area contributed by atoms with Crippen molar-refractivity contribution in [1.29, 1.82) is 0 Å². The molecular formula is C13H14N2O2S3. The molecule has 2 aromatic rings. The highest BCUT2D eigenvalue weighted by molar-refractivity contribution is 7.94. The van der Waals surface area contributed by atoms with E-state index in [4.69, 9.17) is 18.0 Å². The van der Waals surface area contributed by atoms with Gasteiger partial charge in [0.25, 0.3) is 10.0 Å². The summed E-state index contributed by atoms with van der Waals surface area (Å²) in [7, 11) is -3.61. The number of anilines is 1. The first-order chi connectivity index (χ1) is 9.31. The Morgan fingerprint density at radius 2 is 1.95 bits per heavy atom. The molecule has 106 valence electrons. The van der Waals surface area contributed by atoms with Crippen LogP contribution in [0.4, 0.5) is 5.69 Å². The van der Waals surface area contributed by atoms with Gasteiger partial charge in [-0.15, -0.1) is 11.3 Å². The van der Waals surface area contributed by atoms with Crippen molar-refractivity contribution in [3.63, 3.8) is 0 Å². The SMILES string of the molecule is Cc1cccc(NS(=O)(=O)c2ccc(C(N)=S)s2)c1C. The monoisotopic (exact) mass is 326 g/mol. The summed E-state index contributed by atoms with van der Waals surface area (Å²) >= 11 is 5.90. The van der Waals surface area contributed by atoms with E-state index >= 15 is 0 Å². The van der Waals surface area contributed by atoms with E-state index in [2.05, 4.69) is 4.72 Å². The summed E-state index contributed by atoms with van der Waals surface area (Å²) in [4.78, 5) is 0.782. The summed E-state index contributed by atoms with van der Waals surface area (Å²) in [6.45, 7) is 3.81. The Hall–Kier alpha value is -1.44. The van der Waals surface area contributed by atoms with Crippen molar-refractivity contribution in [3.05, 3.63) is 46.3 Å². The summed E-state index contributed by atoms with van der Waals surface area (Å²) in [6.07, 6.45) is 0. The maximum Gasteiger partial charge on any atom is 0.271 e. The molecule has 0 bridgehead atoms. The summed E-state index contributed by atoms with van der Waals surface area (Å²) in [5.74, 6) is 0. The molecule has 0 saturated carbocycles. The quantitative estimate of drug-likeness (QED) is 0.848. The Labute approximate surface area is 127 Å². The predicted molar refractivity (Wildman–Crippen MR) is 86.9 cm³/mol. The van der Waals surface area contributed by atoms with Crippen molar-refractivity contribution in [2.75, 3.05) is 4.72 Å². The third kappa shape index (κ3) is 3.00. The number of nitrogens with two attached hydrogens (primary N) is 1. The lowest BCUT2D eigenvalue weighted by molar-refractivity contribution is 0.603. The fraction of sp³-hybridized carbons (Fsp3) is 0.154. The highest BCUT2D eigenvalue weighted by atomic mass is 32.2. The lowest BCUT2D eigenvalue weighted by atomic mass is 10.1. The van der Waals surface area contributed by atoms with Gasteiger partial charge < -0.3 is 5.73 Å². The maximum atomic E-state index is 12.3. The van der Waals surface area contributed by atoms with Crippen LogP contribution >= 0.6 is 23.6 Å². The van der Waals surface area contributed by atoms with Crippen LogP contribution in [0.1, 0.15) is 16.0 Å². The van der Waals surface area contributed by atoms with E-state index in [0.29, 0.717) is 10.6 Å². The molecule has 0 aliphatic carbocycles. The van der Waals surface area contributed by atoms with Gasteiger partial charge in [-0.1, -0.05) is 24.4 Å². The Morgan fingerprint density at radius 3 is 2.55 bits per heavy atom. The molecule has 4 nitrogen and oxygen atoms in total. The van der Waals surface area contributed by atoms with Gasteiger partial charge in [-0.25, -0.2) is 8.42 Å². The molecule has 0 saturated heterocycles. The van der Waals surface area contributed by atoms with Gasteiger partial charge in [0.1, 0.15) is 9.20 Å². The first-order valence-corrected chi connectivity index (χ1v) is 8.51. The molecule has 1 heterocycles. The third-order valence-electron chi connectivity index (χ3n) is 2.94. The van der Waals surface area contributed by atoms with E-state index < -0.39 is 10.0 Å². The highest BCUT2D eigenvalue weighted by Crippen LogP contribution is 2.26. The van der Waals surface area contributed by atoms with Crippen molar-refractivity contribution in [1.82, 2.24) is 0 Å². The average molecular weight is 326 g/mol. The molecule has 0 atom stereocenters. The van der Waals surface area contributed by atoms with E-state index in [9.17, 15) is 8.42 Å². The van der Waals surface area contributed by atoms with E-state index in [1.807, 2.05) is 26.0 Å². The molecule has 3 N–H and O–H groups in total. The number of sulfonamides is 1. The Kier molecular flexibility index (Phi) is 4.12. The Balaban J connectivity index is 2.35. The fourth-order valence-corrected chi connectivity index (χ4v) is 4.13. The van der Waals surface area contributed by atoms with Crippen LogP contribution in [-0.4, -0.2) is 13.4 Å².